The number of rotatable bonds is 4. The van der Waals surface area contributed by atoms with Crippen LogP contribution in [0.3, 0.4) is 0 Å². The lowest BCUT2D eigenvalue weighted by atomic mass is 9.87. The number of para-hydroxylation sites is 1. The van der Waals surface area contributed by atoms with Crippen molar-refractivity contribution in [2.24, 2.45) is 10.9 Å². The highest BCUT2D eigenvalue weighted by molar-refractivity contribution is 5.96. The molecule has 5 rings (SSSR count). The first-order chi connectivity index (χ1) is 13.8. The Morgan fingerprint density at radius 1 is 1.11 bits per heavy atom. The van der Waals surface area contributed by atoms with Crippen molar-refractivity contribution in [2.75, 3.05) is 18.0 Å². The van der Waals surface area contributed by atoms with E-state index in [0.29, 0.717) is 5.92 Å². The summed E-state index contributed by atoms with van der Waals surface area (Å²) in [6, 6.07) is 14.9. The predicted molar refractivity (Wildman–Crippen MR) is 114 cm³/mol. The van der Waals surface area contributed by atoms with E-state index in [0.717, 1.165) is 48.4 Å². The molecule has 1 unspecified atom stereocenters. The van der Waals surface area contributed by atoms with Crippen molar-refractivity contribution in [1.82, 2.24) is 9.97 Å². The van der Waals surface area contributed by atoms with Crippen LogP contribution in [0.2, 0.25) is 0 Å². The highest BCUT2D eigenvalue weighted by Gasteiger charge is 2.30. The van der Waals surface area contributed by atoms with E-state index in [1.165, 1.54) is 17.0 Å². The van der Waals surface area contributed by atoms with Gasteiger partial charge in [-0.05, 0) is 41.8 Å². The fraction of sp³-hybridized carbons (Fsp3) is 0.208. The molecule has 0 aliphatic carbocycles. The Balaban J connectivity index is 1.44. The molecule has 4 nitrogen and oxygen atoms in total. The van der Waals surface area contributed by atoms with E-state index in [-0.39, 0.29) is 0 Å². The van der Waals surface area contributed by atoms with Gasteiger partial charge in [-0.25, -0.2) is 0 Å². The quantitative estimate of drug-likeness (QED) is 0.632. The van der Waals surface area contributed by atoms with Gasteiger partial charge in [0.2, 0.25) is 0 Å². The van der Waals surface area contributed by atoms with E-state index in [9.17, 15) is 0 Å². The summed E-state index contributed by atoms with van der Waals surface area (Å²) in [5, 5.41) is 0. The van der Waals surface area contributed by atoms with Gasteiger partial charge in [0.25, 0.3) is 0 Å². The molecule has 0 spiro atoms. The number of pyridine rings is 2. The average molecular weight is 366 g/mol. The maximum atomic E-state index is 5.01. The van der Waals surface area contributed by atoms with E-state index in [4.69, 9.17) is 9.98 Å². The lowest BCUT2D eigenvalue weighted by Crippen LogP contribution is -2.39. The molecule has 0 fully saturated rings. The van der Waals surface area contributed by atoms with Crippen LogP contribution in [0.1, 0.15) is 11.3 Å². The van der Waals surface area contributed by atoms with Gasteiger partial charge in [0, 0.05) is 61.0 Å². The maximum Gasteiger partial charge on any atom is 0.0854 e. The number of aliphatic imine (C=N–C) groups is 1. The summed E-state index contributed by atoms with van der Waals surface area (Å²) < 4.78 is 0. The number of benzene rings is 1. The van der Waals surface area contributed by atoms with Gasteiger partial charge < -0.3 is 4.90 Å². The highest BCUT2D eigenvalue weighted by Crippen LogP contribution is 2.36. The Morgan fingerprint density at radius 2 is 1.96 bits per heavy atom. The molecule has 1 atom stereocenters. The van der Waals surface area contributed by atoms with Crippen molar-refractivity contribution >= 4 is 17.1 Å². The van der Waals surface area contributed by atoms with Crippen LogP contribution in [0.5, 0.6) is 0 Å². The molecule has 0 N–H and O–H groups in total. The highest BCUT2D eigenvalue weighted by atomic mass is 15.1. The van der Waals surface area contributed by atoms with Gasteiger partial charge in [-0.2, -0.15) is 0 Å². The first kappa shape index (κ1) is 16.9. The fourth-order valence-electron chi connectivity index (χ4n) is 4.26. The third kappa shape index (κ3) is 3.01. The number of anilines is 1. The molecule has 0 saturated carbocycles. The van der Waals surface area contributed by atoms with Crippen molar-refractivity contribution in [1.29, 1.82) is 0 Å². The molecule has 3 aromatic rings. The average Bonchev–Trinajstić information content (AvgIpc) is 3.18. The summed E-state index contributed by atoms with van der Waals surface area (Å²) in [5.74, 6) is 0.411. The molecule has 138 valence electrons. The van der Waals surface area contributed by atoms with Crippen LogP contribution in [0.25, 0.3) is 11.1 Å². The summed E-state index contributed by atoms with van der Waals surface area (Å²) in [6.07, 6.45) is 9.43. The summed E-state index contributed by atoms with van der Waals surface area (Å²) >= 11 is 0. The van der Waals surface area contributed by atoms with E-state index in [1.807, 2.05) is 36.8 Å². The van der Waals surface area contributed by atoms with Crippen LogP contribution >= 0.6 is 0 Å². The number of fused-ring (bicyclic) bond motifs is 2. The molecule has 1 aromatic carbocycles. The van der Waals surface area contributed by atoms with E-state index < -0.39 is 0 Å². The van der Waals surface area contributed by atoms with Crippen LogP contribution in [0.15, 0.2) is 78.7 Å². The summed E-state index contributed by atoms with van der Waals surface area (Å²) in [5.41, 5.74) is 8.28. The largest absolute Gasteiger partial charge is 0.367 e. The lowest BCUT2D eigenvalue weighted by Gasteiger charge is -2.35. The second-order valence-electron chi connectivity index (χ2n) is 7.43. The molecule has 2 aliphatic heterocycles. The topological polar surface area (TPSA) is 41.4 Å². The van der Waals surface area contributed by atoms with Gasteiger partial charge in [0.15, 0.2) is 0 Å². The molecular formula is C24H22N4. The lowest BCUT2D eigenvalue weighted by molar-refractivity contribution is 0.621. The van der Waals surface area contributed by atoms with Crippen LogP contribution in [0, 0.1) is 5.92 Å². The first-order valence-corrected chi connectivity index (χ1v) is 9.72. The Morgan fingerprint density at radius 3 is 2.82 bits per heavy atom. The third-order valence-electron chi connectivity index (χ3n) is 5.63. The minimum atomic E-state index is 0.411. The molecule has 4 heteroatoms. The zero-order valence-electron chi connectivity index (χ0n) is 15.8. The molecular weight excluding hydrogens is 344 g/mol. The molecule has 0 radical (unpaired) electrons. The van der Waals surface area contributed by atoms with Crippen LogP contribution in [-0.4, -0.2) is 28.8 Å². The molecule has 2 aliphatic rings. The summed E-state index contributed by atoms with van der Waals surface area (Å²) in [7, 11) is 0. The number of hydrogen-bond acceptors (Lipinski definition) is 4. The SMILES string of the molecule is C=CCN1CC(C2=Nc3cc(-c4ccncc4)cnc3C2)Cc2ccccc21. The number of aromatic nitrogens is 2. The van der Waals surface area contributed by atoms with E-state index in [2.05, 4.69) is 46.8 Å². The fourth-order valence-corrected chi connectivity index (χ4v) is 4.26. The van der Waals surface area contributed by atoms with E-state index >= 15 is 0 Å². The second kappa shape index (κ2) is 7.04. The van der Waals surface area contributed by atoms with Crippen molar-refractivity contribution in [3.8, 4) is 11.1 Å². The molecule has 2 aromatic heterocycles. The molecule has 0 amide bonds. The van der Waals surface area contributed by atoms with Crippen molar-refractivity contribution in [3.05, 3.63) is 85.0 Å². The van der Waals surface area contributed by atoms with Crippen molar-refractivity contribution in [2.45, 2.75) is 12.8 Å². The summed E-state index contributed by atoms with van der Waals surface area (Å²) in [6.45, 7) is 5.77. The number of nitrogens with zero attached hydrogens (tertiary/aromatic N) is 4. The third-order valence-corrected chi connectivity index (χ3v) is 5.63. The normalized spacial score (nSPS) is 17.6. The molecule has 0 saturated heterocycles. The molecule has 0 bridgehead atoms. The Labute approximate surface area is 165 Å². The van der Waals surface area contributed by atoms with Gasteiger partial charge in [-0.15, -0.1) is 6.58 Å². The van der Waals surface area contributed by atoms with E-state index in [1.54, 1.807) is 0 Å². The monoisotopic (exact) mass is 366 g/mol. The molecule has 4 heterocycles. The Bertz CT molecular complexity index is 1060. The van der Waals surface area contributed by atoms with Gasteiger partial charge >= 0.3 is 0 Å². The van der Waals surface area contributed by atoms with Crippen LogP contribution in [-0.2, 0) is 12.8 Å². The first-order valence-electron chi connectivity index (χ1n) is 9.72. The Kier molecular flexibility index (Phi) is 4.24. The van der Waals surface area contributed by atoms with Crippen LogP contribution in [0.4, 0.5) is 11.4 Å². The van der Waals surface area contributed by atoms with Gasteiger partial charge in [0.05, 0.1) is 11.4 Å². The molecule has 28 heavy (non-hydrogen) atoms. The minimum Gasteiger partial charge on any atom is -0.367 e. The summed E-state index contributed by atoms with van der Waals surface area (Å²) in [4.78, 5) is 16.2. The van der Waals surface area contributed by atoms with Gasteiger partial charge in [-0.3, -0.25) is 15.0 Å². The van der Waals surface area contributed by atoms with Gasteiger partial charge in [0.1, 0.15) is 0 Å². The zero-order valence-corrected chi connectivity index (χ0v) is 15.8. The van der Waals surface area contributed by atoms with Crippen molar-refractivity contribution in [3.63, 3.8) is 0 Å². The second-order valence-corrected chi connectivity index (χ2v) is 7.43. The predicted octanol–water partition coefficient (Wildman–Crippen LogP) is 4.64. The van der Waals surface area contributed by atoms with Crippen molar-refractivity contribution < 1.29 is 0 Å². The Hall–Kier alpha value is -3.27. The van der Waals surface area contributed by atoms with Gasteiger partial charge in [-0.1, -0.05) is 24.3 Å². The standard InChI is InChI=1S/C24H22N4/c1-2-11-28-16-20(12-18-5-3-4-6-24(18)28)21-14-22-23(27-21)13-19(15-26-22)17-7-9-25-10-8-17/h2-10,13,15,20H,1,11-12,14,16H2. The minimum absolute atomic E-state index is 0.411. The van der Waals surface area contributed by atoms with Crippen LogP contribution < -0.4 is 4.90 Å². The number of hydrogen-bond donors (Lipinski definition) is 0. The smallest absolute Gasteiger partial charge is 0.0854 e. The maximum absolute atomic E-state index is 5.01. The zero-order chi connectivity index (χ0) is 18.9.